The maximum atomic E-state index is 13.2. The second kappa shape index (κ2) is 8.01. The number of benzene rings is 2. The van der Waals surface area contributed by atoms with E-state index in [9.17, 15) is 9.59 Å². The van der Waals surface area contributed by atoms with E-state index in [1.165, 1.54) is 7.11 Å². The van der Waals surface area contributed by atoms with Crippen LogP contribution in [0.25, 0.3) is 0 Å². The molecule has 1 saturated heterocycles. The summed E-state index contributed by atoms with van der Waals surface area (Å²) in [5.74, 6) is -0.528. The molecule has 0 atom stereocenters. The fourth-order valence-corrected chi connectivity index (χ4v) is 3.49. The summed E-state index contributed by atoms with van der Waals surface area (Å²) in [6, 6.07) is 14.6. The highest BCUT2D eigenvalue weighted by Gasteiger charge is 2.41. The molecule has 1 aliphatic rings. The normalized spacial score (nSPS) is 15.9. The average Bonchev–Trinajstić information content (AvgIpc) is 2.68. The van der Waals surface area contributed by atoms with Crippen LogP contribution < -0.4 is 5.32 Å². The van der Waals surface area contributed by atoms with Gasteiger partial charge in [-0.1, -0.05) is 34.1 Å². The van der Waals surface area contributed by atoms with E-state index >= 15 is 0 Å². The van der Waals surface area contributed by atoms with E-state index in [4.69, 9.17) is 9.47 Å². The third kappa shape index (κ3) is 3.81. The van der Waals surface area contributed by atoms with Crippen LogP contribution in [-0.4, -0.2) is 32.2 Å². The molecule has 26 heavy (non-hydrogen) atoms. The summed E-state index contributed by atoms with van der Waals surface area (Å²) in [4.78, 5) is 24.9. The highest BCUT2D eigenvalue weighted by atomic mass is 79.9. The first-order chi connectivity index (χ1) is 12.5. The number of nitrogens with one attached hydrogen (secondary N) is 1. The van der Waals surface area contributed by atoms with Gasteiger partial charge in [0, 0.05) is 23.4 Å². The number of hydrogen-bond acceptors (Lipinski definition) is 4. The van der Waals surface area contributed by atoms with Gasteiger partial charge in [0.1, 0.15) is 0 Å². The van der Waals surface area contributed by atoms with Crippen molar-refractivity contribution >= 4 is 33.5 Å². The van der Waals surface area contributed by atoms with Gasteiger partial charge in [-0.25, -0.2) is 4.79 Å². The highest BCUT2D eigenvalue weighted by Crippen LogP contribution is 2.36. The molecule has 0 aliphatic carbocycles. The van der Waals surface area contributed by atoms with Crippen LogP contribution in [0.2, 0.25) is 0 Å². The van der Waals surface area contributed by atoms with Gasteiger partial charge in [-0.05, 0) is 48.7 Å². The number of hydrogen-bond donors (Lipinski definition) is 1. The van der Waals surface area contributed by atoms with Gasteiger partial charge >= 0.3 is 5.97 Å². The molecule has 0 unspecified atom stereocenters. The Morgan fingerprint density at radius 2 is 1.81 bits per heavy atom. The summed E-state index contributed by atoms with van der Waals surface area (Å²) < 4.78 is 11.2. The van der Waals surface area contributed by atoms with Gasteiger partial charge in [-0.3, -0.25) is 4.79 Å². The molecule has 0 aromatic heterocycles. The van der Waals surface area contributed by atoms with E-state index in [2.05, 4.69) is 21.2 Å². The lowest BCUT2D eigenvalue weighted by Crippen LogP contribution is -2.44. The van der Waals surface area contributed by atoms with Crippen molar-refractivity contribution < 1.29 is 19.1 Å². The van der Waals surface area contributed by atoms with Crippen molar-refractivity contribution in [3.63, 3.8) is 0 Å². The topological polar surface area (TPSA) is 64.6 Å². The Bertz CT molecular complexity index is 798. The zero-order valence-electron chi connectivity index (χ0n) is 14.5. The zero-order chi connectivity index (χ0) is 18.6. The van der Waals surface area contributed by atoms with Crippen molar-refractivity contribution in [2.45, 2.75) is 18.3 Å². The van der Waals surface area contributed by atoms with Crippen LogP contribution in [-0.2, 0) is 19.7 Å². The van der Waals surface area contributed by atoms with Crippen LogP contribution >= 0.6 is 15.9 Å². The van der Waals surface area contributed by atoms with Crippen LogP contribution in [0.15, 0.2) is 53.0 Å². The second-order valence-corrected chi connectivity index (χ2v) is 7.14. The molecule has 1 amide bonds. The van der Waals surface area contributed by atoms with Crippen LogP contribution in [0.3, 0.4) is 0 Å². The summed E-state index contributed by atoms with van der Waals surface area (Å²) in [5.41, 5.74) is 1.28. The maximum absolute atomic E-state index is 13.2. The van der Waals surface area contributed by atoms with Gasteiger partial charge in [0.05, 0.1) is 18.1 Å². The van der Waals surface area contributed by atoms with Gasteiger partial charge < -0.3 is 14.8 Å². The molecule has 2 aromatic rings. The maximum Gasteiger partial charge on any atom is 0.337 e. The third-order valence-corrected chi connectivity index (χ3v) is 5.25. The largest absolute Gasteiger partial charge is 0.465 e. The zero-order valence-corrected chi connectivity index (χ0v) is 16.0. The smallest absolute Gasteiger partial charge is 0.337 e. The SMILES string of the molecule is COC(=O)c1cccc(NC(=O)C2(c3ccc(Br)cc3)CCOCC2)c1. The van der Waals surface area contributed by atoms with Crippen LogP contribution in [0.4, 0.5) is 5.69 Å². The lowest BCUT2D eigenvalue weighted by molar-refractivity contribution is -0.125. The van der Waals surface area contributed by atoms with Crippen molar-refractivity contribution in [2.75, 3.05) is 25.6 Å². The van der Waals surface area contributed by atoms with Crippen LogP contribution in [0.1, 0.15) is 28.8 Å². The Hall–Kier alpha value is -2.18. The van der Waals surface area contributed by atoms with Crippen LogP contribution in [0.5, 0.6) is 0 Å². The molecule has 1 fully saturated rings. The number of carbonyl (C=O) groups is 2. The molecule has 0 spiro atoms. The Labute approximate surface area is 160 Å². The molecule has 5 nitrogen and oxygen atoms in total. The molecule has 0 bridgehead atoms. The number of rotatable bonds is 4. The minimum atomic E-state index is -0.653. The fraction of sp³-hybridized carbons (Fsp3) is 0.300. The summed E-state index contributed by atoms with van der Waals surface area (Å²) in [5, 5.41) is 2.97. The van der Waals surface area contributed by atoms with Gasteiger partial charge in [-0.15, -0.1) is 0 Å². The molecule has 1 N–H and O–H groups in total. The van der Waals surface area contributed by atoms with Crippen molar-refractivity contribution in [1.29, 1.82) is 0 Å². The predicted octanol–water partition coefficient (Wildman–Crippen LogP) is 3.92. The number of halogens is 1. The number of methoxy groups -OCH3 is 1. The first-order valence-electron chi connectivity index (χ1n) is 8.39. The summed E-state index contributed by atoms with van der Waals surface area (Å²) >= 11 is 3.44. The standard InChI is InChI=1S/C20H20BrNO4/c1-25-18(23)14-3-2-4-17(13-14)22-19(24)20(9-11-26-12-10-20)15-5-7-16(21)8-6-15/h2-8,13H,9-12H2,1H3,(H,22,24). The summed E-state index contributed by atoms with van der Waals surface area (Å²) in [7, 11) is 1.33. The van der Waals surface area contributed by atoms with E-state index < -0.39 is 11.4 Å². The molecular formula is C20H20BrNO4. The number of amides is 1. The van der Waals surface area contributed by atoms with Crippen LogP contribution in [0, 0.1) is 0 Å². The fourth-order valence-electron chi connectivity index (χ4n) is 3.23. The Kier molecular flexibility index (Phi) is 5.74. The predicted molar refractivity (Wildman–Crippen MR) is 102 cm³/mol. The second-order valence-electron chi connectivity index (χ2n) is 6.23. The first-order valence-corrected chi connectivity index (χ1v) is 9.18. The number of esters is 1. The Balaban J connectivity index is 1.89. The lowest BCUT2D eigenvalue weighted by Gasteiger charge is -2.36. The number of ether oxygens (including phenoxy) is 2. The van der Waals surface area contributed by atoms with Gasteiger partial charge in [-0.2, -0.15) is 0 Å². The van der Waals surface area contributed by atoms with E-state index in [1.54, 1.807) is 24.3 Å². The van der Waals surface area contributed by atoms with E-state index in [1.807, 2.05) is 24.3 Å². The van der Waals surface area contributed by atoms with Crippen molar-refractivity contribution in [3.8, 4) is 0 Å². The summed E-state index contributed by atoms with van der Waals surface area (Å²) in [6.45, 7) is 1.07. The highest BCUT2D eigenvalue weighted by molar-refractivity contribution is 9.10. The van der Waals surface area contributed by atoms with Gasteiger partial charge in [0.2, 0.25) is 5.91 Å². The first kappa shape index (κ1) is 18.6. The summed E-state index contributed by atoms with van der Waals surface area (Å²) in [6.07, 6.45) is 1.22. The lowest BCUT2D eigenvalue weighted by atomic mass is 9.73. The molecule has 1 heterocycles. The Morgan fingerprint density at radius 3 is 2.46 bits per heavy atom. The Morgan fingerprint density at radius 1 is 1.12 bits per heavy atom. The average molecular weight is 418 g/mol. The van der Waals surface area contributed by atoms with Gasteiger partial charge in [0.25, 0.3) is 0 Å². The molecule has 0 saturated carbocycles. The molecule has 136 valence electrons. The van der Waals surface area contributed by atoms with Gasteiger partial charge in [0.15, 0.2) is 0 Å². The van der Waals surface area contributed by atoms with E-state index in [-0.39, 0.29) is 5.91 Å². The quantitative estimate of drug-likeness (QED) is 0.765. The molecule has 1 aliphatic heterocycles. The molecule has 0 radical (unpaired) electrons. The number of carbonyl (C=O) groups excluding carboxylic acids is 2. The molecule has 2 aromatic carbocycles. The third-order valence-electron chi connectivity index (χ3n) is 4.72. The minimum absolute atomic E-state index is 0.0925. The van der Waals surface area contributed by atoms with Crippen molar-refractivity contribution in [1.82, 2.24) is 0 Å². The molecule has 6 heteroatoms. The van der Waals surface area contributed by atoms with Crippen molar-refractivity contribution in [2.24, 2.45) is 0 Å². The van der Waals surface area contributed by atoms with Crippen molar-refractivity contribution in [3.05, 3.63) is 64.1 Å². The van der Waals surface area contributed by atoms with E-state index in [0.29, 0.717) is 37.3 Å². The minimum Gasteiger partial charge on any atom is -0.465 e. The number of anilines is 1. The van der Waals surface area contributed by atoms with E-state index in [0.717, 1.165) is 10.0 Å². The molecule has 3 rings (SSSR count). The monoisotopic (exact) mass is 417 g/mol. The molecular weight excluding hydrogens is 398 g/mol.